The Bertz CT molecular complexity index is 1330. The van der Waals surface area contributed by atoms with Gasteiger partial charge in [0.1, 0.15) is 12.1 Å². The molecule has 0 saturated carbocycles. The fraction of sp³-hybridized carbons (Fsp3) is 0.143. The minimum absolute atomic E-state index is 0.00270. The largest absolute Gasteiger partial charge is 0.478 e. The monoisotopic (exact) mass is 434 g/mol. The Balaban J connectivity index is 1.56. The number of aromatic carboxylic acids is 1. The standard InChI is InChI=1S/C21H18N6O5/c1-2-32-21(31)16-10-24-27-17(6-7-22-19(16)27)13-4-3-5-15(8-13)25-18(28)12-26-11-14(9-23-26)20(29)30/h3-11H,2,12H2,1H3,(H,25,28)(H,29,30). The summed E-state index contributed by atoms with van der Waals surface area (Å²) in [5, 5.41) is 19.8. The van der Waals surface area contributed by atoms with Crippen molar-refractivity contribution in [3.8, 4) is 11.3 Å². The molecule has 11 heteroatoms. The zero-order chi connectivity index (χ0) is 22.7. The highest BCUT2D eigenvalue weighted by Gasteiger charge is 2.17. The van der Waals surface area contributed by atoms with Crippen LogP contribution in [0.15, 0.2) is 55.1 Å². The first-order valence-electron chi connectivity index (χ1n) is 9.62. The van der Waals surface area contributed by atoms with Gasteiger partial charge in [-0.05, 0) is 25.1 Å². The van der Waals surface area contributed by atoms with Crippen LogP contribution in [-0.4, -0.2) is 53.9 Å². The first kappa shape index (κ1) is 20.7. The Labute approximate surface area is 181 Å². The number of amides is 1. The number of fused-ring (bicyclic) bond motifs is 1. The second-order valence-corrected chi connectivity index (χ2v) is 6.70. The number of hydrogen-bond donors (Lipinski definition) is 2. The van der Waals surface area contributed by atoms with Crippen molar-refractivity contribution in [3.63, 3.8) is 0 Å². The molecule has 3 aromatic heterocycles. The number of nitrogens with zero attached hydrogens (tertiary/aromatic N) is 5. The molecular weight excluding hydrogens is 416 g/mol. The molecule has 162 valence electrons. The minimum atomic E-state index is -1.11. The van der Waals surface area contributed by atoms with Gasteiger partial charge in [0.05, 0.1) is 30.3 Å². The molecule has 4 rings (SSSR count). The van der Waals surface area contributed by atoms with Crippen molar-refractivity contribution in [3.05, 3.63) is 66.2 Å². The van der Waals surface area contributed by atoms with Gasteiger partial charge in [0.2, 0.25) is 5.91 Å². The van der Waals surface area contributed by atoms with E-state index in [9.17, 15) is 14.4 Å². The van der Waals surface area contributed by atoms with Crippen LogP contribution in [0.5, 0.6) is 0 Å². The molecule has 2 N–H and O–H groups in total. The molecule has 3 heterocycles. The van der Waals surface area contributed by atoms with E-state index in [1.807, 2.05) is 6.07 Å². The molecule has 1 aromatic carbocycles. The van der Waals surface area contributed by atoms with Crippen LogP contribution in [0.1, 0.15) is 27.6 Å². The van der Waals surface area contributed by atoms with Crippen LogP contribution in [0.4, 0.5) is 5.69 Å². The molecular formula is C21H18N6O5. The number of hydrogen-bond acceptors (Lipinski definition) is 7. The molecule has 1 amide bonds. The summed E-state index contributed by atoms with van der Waals surface area (Å²) in [6, 6.07) is 8.82. The van der Waals surface area contributed by atoms with E-state index in [1.165, 1.54) is 27.8 Å². The number of rotatable bonds is 7. The van der Waals surface area contributed by atoms with Crippen molar-refractivity contribution in [2.75, 3.05) is 11.9 Å². The molecule has 4 aromatic rings. The maximum atomic E-state index is 12.4. The highest BCUT2D eigenvalue weighted by atomic mass is 16.5. The van der Waals surface area contributed by atoms with E-state index in [4.69, 9.17) is 9.84 Å². The van der Waals surface area contributed by atoms with Crippen LogP contribution in [0.25, 0.3) is 16.9 Å². The zero-order valence-corrected chi connectivity index (χ0v) is 16.9. The summed E-state index contributed by atoms with van der Waals surface area (Å²) in [5.74, 6) is -1.98. The number of anilines is 1. The molecule has 32 heavy (non-hydrogen) atoms. The van der Waals surface area contributed by atoms with Crippen molar-refractivity contribution in [2.24, 2.45) is 0 Å². The fourth-order valence-corrected chi connectivity index (χ4v) is 3.13. The number of carboxylic acids is 1. The SMILES string of the molecule is CCOC(=O)c1cnn2c(-c3cccc(NC(=O)Cn4cc(C(=O)O)cn4)c3)ccnc12. The lowest BCUT2D eigenvalue weighted by atomic mass is 10.1. The third-order valence-electron chi connectivity index (χ3n) is 4.52. The van der Waals surface area contributed by atoms with Crippen LogP contribution in [0.2, 0.25) is 0 Å². The van der Waals surface area contributed by atoms with Crippen molar-refractivity contribution in [1.82, 2.24) is 24.4 Å². The molecule has 0 fully saturated rings. The average Bonchev–Trinajstić information content (AvgIpc) is 3.41. The Morgan fingerprint density at radius 3 is 2.75 bits per heavy atom. The molecule has 0 saturated heterocycles. The Morgan fingerprint density at radius 1 is 1.16 bits per heavy atom. The number of carbonyl (C=O) groups excluding carboxylic acids is 2. The normalized spacial score (nSPS) is 10.8. The molecule has 0 spiro atoms. The quantitative estimate of drug-likeness (QED) is 0.421. The molecule has 11 nitrogen and oxygen atoms in total. The van der Waals surface area contributed by atoms with E-state index < -0.39 is 11.9 Å². The molecule has 0 radical (unpaired) electrons. The van der Waals surface area contributed by atoms with E-state index in [2.05, 4.69) is 20.5 Å². The van der Waals surface area contributed by atoms with Gasteiger partial charge in [0.15, 0.2) is 5.65 Å². The summed E-state index contributed by atoms with van der Waals surface area (Å²) >= 11 is 0. The Hall–Kier alpha value is -4.54. The van der Waals surface area contributed by atoms with Gasteiger partial charge >= 0.3 is 11.9 Å². The second kappa shape index (κ2) is 8.68. The van der Waals surface area contributed by atoms with Gasteiger partial charge in [0.25, 0.3) is 0 Å². The predicted molar refractivity (Wildman–Crippen MR) is 112 cm³/mol. The van der Waals surface area contributed by atoms with E-state index in [1.54, 1.807) is 37.4 Å². The smallest absolute Gasteiger partial charge is 0.343 e. The van der Waals surface area contributed by atoms with Gasteiger partial charge in [-0.3, -0.25) is 9.48 Å². The lowest BCUT2D eigenvalue weighted by Crippen LogP contribution is -2.19. The number of esters is 1. The van der Waals surface area contributed by atoms with Crippen molar-refractivity contribution < 1.29 is 24.2 Å². The fourth-order valence-electron chi connectivity index (χ4n) is 3.13. The lowest BCUT2D eigenvalue weighted by molar-refractivity contribution is -0.116. The molecule has 0 bridgehead atoms. The lowest BCUT2D eigenvalue weighted by Gasteiger charge is -2.09. The Kier molecular flexibility index (Phi) is 5.62. The van der Waals surface area contributed by atoms with Gasteiger partial charge in [-0.1, -0.05) is 12.1 Å². The van der Waals surface area contributed by atoms with E-state index in [-0.39, 0.29) is 30.2 Å². The summed E-state index contributed by atoms with van der Waals surface area (Å²) < 4.78 is 7.82. The minimum Gasteiger partial charge on any atom is -0.478 e. The van der Waals surface area contributed by atoms with Gasteiger partial charge in [-0.2, -0.15) is 10.2 Å². The number of carbonyl (C=O) groups is 3. The van der Waals surface area contributed by atoms with Crippen LogP contribution in [0, 0.1) is 0 Å². The molecule has 0 atom stereocenters. The predicted octanol–water partition coefficient (Wildman–Crippen LogP) is 2.11. The number of aromatic nitrogens is 5. The first-order valence-corrected chi connectivity index (χ1v) is 9.62. The summed E-state index contributed by atoms with van der Waals surface area (Å²) in [4.78, 5) is 39.7. The van der Waals surface area contributed by atoms with Gasteiger partial charge in [-0.15, -0.1) is 0 Å². The average molecular weight is 434 g/mol. The van der Waals surface area contributed by atoms with Crippen LogP contribution in [0.3, 0.4) is 0 Å². The summed E-state index contributed by atoms with van der Waals surface area (Å²) in [5.41, 5.74) is 2.56. The van der Waals surface area contributed by atoms with Gasteiger partial charge in [-0.25, -0.2) is 19.1 Å². The molecule has 0 aliphatic heterocycles. The van der Waals surface area contributed by atoms with Gasteiger partial charge in [0, 0.05) is 23.6 Å². The zero-order valence-electron chi connectivity index (χ0n) is 16.9. The highest BCUT2D eigenvalue weighted by molar-refractivity contribution is 5.96. The number of benzene rings is 1. The highest BCUT2D eigenvalue weighted by Crippen LogP contribution is 2.24. The first-order chi connectivity index (χ1) is 15.5. The molecule has 0 unspecified atom stereocenters. The maximum Gasteiger partial charge on any atom is 0.343 e. The van der Waals surface area contributed by atoms with Crippen molar-refractivity contribution in [1.29, 1.82) is 0 Å². The molecule has 0 aliphatic rings. The summed E-state index contributed by atoms with van der Waals surface area (Å²) in [7, 11) is 0. The van der Waals surface area contributed by atoms with E-state index >= 15 is 0 Å². The van der Waals surface area contributed by atoms with E-state index in [0.29, 0.717) is 17.0 Å². The number of carboxylic acid groups (broad SMARTS) is 1. The Morgan fingerprint density at radius 2 is 2.00 bits per heavy atom. The third kappa shape index (κ3) is 4.17. The molecule has 0 aliphatic carbocycles. The number of ether oxygens (including phenoxy) is 1. The van der Waals surface area contributed by atoms with Crippen LogP contribution in [-0.2, 0) is 16.1 Å². The van der Waals surface area contributed by atoms with Gasteiger partial charge < -0.3 is 15.2 Å². The van der Waals surface area contributed by atoms with Crippen molar-refractivity contribution >= 4 is 29.2 Å². The topological polar surface area (TPSA) is 141 Å². The summed E-state index contributed by atoms with van der Waals surface area (Å²) in [6.45, 7) is 1.83. The van der Waals surface area contributed by atoms with Crippen molar-refractivity contribution in [2.45, 2.75) is 13.5 Å². The van der Waals surface area contributed by atoms with Crippen LogP contribution < -0.4 is 5.32 Å². The van der Waals surface area contributed by atoms with Crippen LogP contribution >= 0.6 is 0 Å². The third-order valence-corrected chi connectivity index (χ3v) is 4.52. The summed E-state index contributed by atoms with van der Waals surface area (Å²) in [6.07, 6.45) is 5.44. The maximum absolute atomic E-state index is 12.4. The number of nitrogens with one attached hydrogen (secondary N) is 1. The van der Waals surface area contributed by atoms with E-state index in [0.717, 1.165) is 5.56 Å². The second-order valence-electron chi connectivity index (χ2n) is 6.70.